The number of aromatic nitrogens is 1. The van der Waals surface area contributed by atoms with Crippen LogP contribution in [0, 0.1) is 6.92 Å². The van der Waals surface area contributed by atoms with Crippen LogP contribution in [0.4, 0.5) is 13.2 Å². The second-order valence-corrected chi connectivity index (χ2v) is 5.96. The summed E-state index contributed by atoms with van der Waals surface area (Å²) in [6, 6.07) is 8.70. The van der Waals surface area contributed by atoms with Gasteiger partial charge in [0.2, 0.25) is 0 Å². The molecule has 1 aliphatic rings. The molecule has 1 aromatic heterocycles. The first-order chi connectivity index (χ1) is 11.4. The molecule has 0 spiro atoms. The Morgan fingerprint density at radius 3 is 2.79 bits per heavy atom. The molecule has 0 saturated carbocycles. The number of hydrogen-bond donors (Lipinski definition) is 1. The highest BCUT2D eigenvalue weighted by atomic mass is 19.4. The molecule has 1 aromatic carbocycles. The average molecular weight is 336 g/mol. The van der Waals surface area contributed by atoms with E-state index in [1.54, 1.807) is 25.1 Å². The molecule has 2 atom stereocenters. The van der Waals surface area contributed by atoms with E-state index in [0.717, 1.165) is 11.1 Å². The number of para-hydroxylation sites is 1. The first kappa shape index (κ1) is 16.8. The fraction of sp³-hybridized carbons (Fsp3) is 0.389. The molecule has 0 fully saturated rings. The van der Waals surface area contributed by atoms with Crippen molar-refractivity contribution >= 4 is 0 Å². The van der Waals surface area contributed by atoms with Crippen LogP contribution in [0.3, 0.4) is 0 Å². The SMILES string of the molecule is Cc1cccnc1C[C@H](N[C@H]1CCOc2ccccc21)C(F)(F)F. The monoisotopic (exact) mass is 336 g/mol. The number of pyridine rings is 1. The zero-order valence-electron chi connectivity index (χ0n) is 13.3. The van der Waals surface area contributed by atoms with Crippen LogP contribution in [0.25, 0.3) is 0 Å². The molecular weight excluding hydrogens is 317 g/mol. The van der Waals surface area contributed by atoms with Crippen LogP contribution in [-0.4, -0.2) is 23.8 Å². The number of aryl methyl sites for hydroxylation is 1. The van der Waals surface area contributed by atoms with Gasteiger partial charge in [0, 0.05) is 36.3 Å². The summed E-state index contributed by atoms with van der Waals surface area (Å²) in [5.41, 5.74) is 2.00. The van der Waals surface area contributed by atoms with Gasteiger partial charge in [-0.2, -0.15) is 13.2 Å². The summed E-state index contributed by atoms with van der Waals surface area (Å²) in [6.45, 7) is 2.18. The molecule has 1 N–H and O–H groups in total. The van der Waals surface area contributed by atoms with E-state index in [-0.39, 0.29) is 12.5 Å². The maximum absolute atomic E-state index is 13.5. The number of hydrogen-bond acceptors (Lipinski definition) is 3. The van der Waals surface area contributed by atoms with Crippen molar-refractivity contribution < 1.29 is 17.9 Å². The third-order valence-corrected chi connectivity index (χ3v) is 4.27. The minimum atomic E-state index is -4.35. The van der Waals surface area contributed by atoms with E-state index in [2.05, 4.69) is 10.3 Å². The molecule has 128 valence electrons. The zero-order valence-corrected chi connectivity index (χ0v) is 13.3. The highest BCUT2D eigenvalue weighted by Crippen LogP contribution is 2.34. The van der Waals surface area contributed by atoms with Crippen molar-refractivity contribution in [2.24, 2.45) is 0 Å². The number of fused-ring (bicyclic) bond motifs is 1. The number of ether oxygens (including phenoxy) is 1. The Kier molecular flexibility index (Phi) is 4.76. The maximum atomic E-state index is 13.5. The average Bonchev–Trinajstić information content (AvgIpc) is 2.55. The quantitative estimate of drug-likeness (QED) is 0.917. The Morgan fingerprint density at radius 1 is 1.25 bits per heavy atom. The Balaban J connectivity index is 1.83. The van der Waals surface area contributed by atoms with Crippen molar-refractivity contribution in [1.82, 2.24) is 10.3 Å². The summed E-state index contributed by atoms with van der Waals surface area (Å²) in [6.07, 6.45) is -2.50. The van der Waals surface area contributed by atoms with Gasteiger partial charge in [0.25, 0.3) is 0 Å². The van der Waals surface area contributed by atoms with Crippen LogP contribution in [0.2, 0.25) is 0 Å². The highest BCUT2D eigenvalue weighted by Gasteiger charge is 2.41. The van der Waals surface area contributed by atoms with Crippen molar-refractivity contribution in [3.63, 3.8) is 0 Å². The number of alkyl halides is 3. The lowest BCUT2D eigenvalue weighted by Gasteiger charge is -2.31. The summed E-state index contributed by atoms with van der Waals surface area (Å²) in [4.78, 5) is 4.10. The van der Waals surface area contributed by atoms with Gasteiger partial charge >= 0.3 is 6.18 Å². The molecule has 0 amide bonds. The molecule has 0 saturated heterocycles. The molecule has 0 aliphatic carbocycles. The van der Waals surface area contributed by atoms with Crippen molar-refractivity contribution in [3.8, 4) is 5.75 Å². The molecule has 3 rings (SSSR count). The number of halogens is 3. The van der Waals surface area contributed by atoms with E-state index in [4.69, 9.17) is 4.74 Å². The Hall–Kier alpha value is -2.08. The molecule has 2 aromatic rings. The highest BCUT2D eigenvalue weighted by molar-refractivity contribution is 5.37. The third-order valence-electron chi connectivity index (χ3n) is 4.27. The van der Waals surface area contributed by atoms with Crippen LogP contribution in [-0.2, 0) is 6.42 Å². The molecule has 2 heterocycles. The summed E-state index contributed by atoms with van der Waals surface area (Å²) >= 11 is 0. The second kappa shape index (κ2) is 6.81. The molecule has 6 heteroatoms. The minimum absolute atomic E-state index is 0.185. The topological polar surface area (TPSA) is 34.2 Å². The smallest absolute Gasteiger partial charge is 0.404 e. The van der Waals surface area contributed by atoms with E-state index >= 15 is 0 Å². The van der Waals surface area contributed by atoms with Gasteiger partial charge in [0.05, 0.1) is 6.61 Å². The number of nitrogens with one attached hydrogen (secondary N) is 1. The molecule has 3 nitrogen and oxygen atoms in total. The van der Waals surface area contributed by atoms with Gasteiger partial charge < -0.3 is 4.74 Å². The number of rotatable bonds is 4. The van der Waals surface area contributed by atoms with Gasteiger partial charge in [-0.3, -0.25) is 10.3 Å². The summed E-state index contributed by atoms with van der Waals surface area (Å²) in [5, 5.41) is 2.78. The lowest BCUT2D eigenvalue weighted by atomic mass is 9.98. The summed E-state index contributed by atoms with van der Waals surface area (Å²) in [7, 11) is 0. The summed E-state index contributed by atoms with van der Waals surface area (Å²) < 4.78 is 46.2. The lowest BCUT2D eigenvalue weighted by Crippen LogP contribution is -2.46. The van der Waals surface area contributed by atoms with Gasteiger partial charge in [-0.25, -0.2) is 0 Å². The molecule has 0 radical (unpaired) electrons. The molecule has 0 bridgehead atoms. The maximum Gasteiger partial charge on any atom is 0.404 e. The molecule has 1 aliphatic heterocycles. The predicted octanol–water partition coefficient (Wildman–Crippen LogP) is 3.98. The first-order valence-corrected chi connectivity index (χ1v) is 7.90. The molecular formula is C18H19F3N2O. The minimum Gasteiger partial charge on any atom is -0.493 e. The van der Waals surface area contributed by atoms with E-state index < -0.39 is 12.2 Å². The molecule has 0 unspecified atom stereocenters. The largest absolute Gasteiger partial charge is 0.493 e. The van der Waals surface area contributed by atoms with E-state index in [1.807, 2.05) is 18.2 Å². The van der Waals surface area contributed by atoms with E-state index in [1.165, 1.54) is 6.20 Å². The van der Waals surface area contributed by atoms with Crippen LogP contribution >= 0.6 is 0 Å². The zero-order chi connectivity index (χ0) is 17.2. The van der Waals surface area contributed by atoms with Crippen molar-refractivity contribution in [3.05, 3.63) is 59.4 Å². The van der Waals surface area contributed by atoms with Crippen LogP contribution < -0.4 is 10.1 Å². The summed E-state index contributed by atoms with van der Waals surface area (Å²) in [5.74, 6) is 0.649. The fourth-order valence-corrected chi connectivity index (χ4v) is 2.95. The number of nitrogens with zero attached hydrogens (tertiary/aromatic N) is 1. The van der Waals surface area contributed by atoms with Gasteiger partial charge in [-0.05, 0) is 24.6 Å². The second-order valence-electron chi connectivity index (χ2n) is 5.96. The van der Waals surface area contributed by atoms with E-state index in [0.29, 0.717) is 24.5 Å². The van der Waals surface area contributed by atoms with Gasteiger partial charge in [-0.15, -0.1) is 0 Å². The third kappa shape index (κ3) is 3.70. The predicted molar refractivity (Wildman–Crippen MR) is 85.0 cm³/mol. The number of benzene rings is 1. The Bertz CT molecular complexity index is 703. The van der Waals surface area contributed by atoms with Gasteiger partial charge in [-0.1, -0.05) is 24.3 Å². The van der Waals surface area contributed by atoms with Crippen LogP contribution in [0.1, 0.15) is 29.3 Å². The van der Waals surface area contributed by atoms with Crippen molar-refractivity contribution in [2.45, 2.75) is 38.0 Å². The normalized spacial score (nSPS) is 18.6. The fourth-order valence-electron chi connectivity index (χ4n) is 2.95. The standard InChI is InChI=1S/C18H19F3N2O/c1-12-5-4-9-22-15(12)11-17(18(19,20)21)23-14-8-10-24-16-7-3-2-6-13(14)16/h2-7,9,14,17,23H,8,10-11H2,1H3/t14-,17-/m0/s1. The van der Waals surface area contributed by atoms with Gasteiger partial charge in [0.1, 0.15) is 11.8 Å². The first-order valence-electron chi connectivity index (χ1n) is 7.90. The van der Waals surface area contributed by atoms with Gasteiger partial charge in [0.15, 0.2) is 0 Å². The van der Waals surface area contributed by atoms with Crippen molar-refractivity contribution in [2.75, 3.05) is 6.61 Å². The Labute approximate surface area is 138 Å². The Morgan fingerprint density at radius 2 is 2.04 bits per heavy atom. The lowest BCUT2D eigenvalue weighted by molar-refractivity contribution is -0.158. The van der Waals surface area contributed by atoms with Crippen LogP contribution in [0.15, 0.2) is 42.6 Å². The van der Waals surface area contributed by atoms with Crippen LogP contribution in [0.5, 0.6) is 5.75 Å². The van der Waals surface area contributed by atoms with Crippen molar-refractivity contribution in [1.29, 1.82) is 0 Å². The van der Waals surface area contributed by atoms with E-state index in [9.17, 15) is 13.2 Å². The molecule has 24 heavy (non-hydrogen) atoms.